The molecule has 0 bridgehead atoms. The number of halogens is 1. The third kappa shape index (κ3) is 2.93. The number of rotatable bonds is 5. The number of hydrogen-bond acceptors (Lipinski definition) is 2. The molecular weight excluding hydrogens is 282 g/mol. The van der Waals surface area contributed by atoms with E-state index in [1.165, 1.54) is 36.8 Å². The summed E-state index contributed by atoms with van der Waals surface area (Å²) in [6.45, 7) is 6.48. The fraction of sp³-hybridized carbons (Fsp3) is 0.667. The van der Waals surface area contributed by atoms with Crippen molar-refractivity contribution >= 4 is 11.6 Å². The van der Waals surface area contributed by atoms with Gasteiger partial charge in [-0.2, -0.15) is 0 Å². The molecule has 1 aromatic rings. The molecule has 1 fully saturated rings. The first-order valence-corrected chi connectivity index (χ1v) is 8.70. The Morgan fingerprint density at radius 2 is 2.10 bits per heavy atom. The maximum atomic E-state index is 6.38. The minimum Gasteiger partial charge on any atom is -0.493 e. The SMILES string of the molecule is CCCNC(c1cc(Cl)cc2c1OCC2)C1(C)CCCC1. The molecule has 0 aromatic heterocycles. The lowest BCUT2D eigenvalue weighted by Gasteiger charge is -2.36. The fourth-order valence-electron chi connectivity index (χ4n) is 4.00. The second-order valence-electron chi connectivity index (χ2n) is 6.83. The van der Waals surface area contributed by atoms with E-state index in [0.717, 1.165) is 36.8 Å². The minimum absolute atomic E-state index is 0.319. The number of benzene rings is 1. The summed E-state index contributed by atoms with van der Waals surface area (Å²) in [5.41, 5.74) is 2.88. The van der Waals surface area contributed by atoms with Gasteiger partial charge in [-0.1, -0.05) is 38.3 Å². The number of hydrogen-bond donors (Lipinski definition) is 1. The predicted octanol–water partition coefficient (Wildman–Crippen LogP) is 4.90. The van der Waals surface area contributed by atoms with Gasteiger partial charge >= 0.3 is 0 Å². The molecule has 1 saturated carbocycles. The van der Waals surface area contributed by atoms with Crippen LogP contribution in [0.3, 0.4) is 0 Å². The number of fused-ring (bicyclic) bond motifs is 1. The van der Waals surface area contributed by atoms with Crippen molar-refractivity contribution in [3.8, 4) is 5.75 Å². The van der Waals surface area contributed by atoms with Crippen molar-refractivity contribution in [1.29, 1.82) is 0 Å². The van der Waals surface area contributed by atoms with Crippen LogP contribution in [0.15, 0.2) is 12.1 Å². The normalized spacial score (nSPS) is 21.1. The standard InChI is InChI=1S/C18H26ClNO/c1-3-9-20-17(18(2)7-4-5-8-18)15-12-14(19)11-13-6-10-21-16(13)15/h11-12,17,20H,3-10H2,1-2H3. The molecule has 3 heteroatoms. The third-order valence-corrected chi connectivity index (χ3v) is 5.35. The van der Waals surface area contributed by atoms with Gasteiger partial charge in [-0.25, -0.2) is 0 Å². The van der Waals surface area contributed by atoms with Gasteiger partial charge in [0.05, 0.1) is 6.61 Å². The van der Waals surface area contributed by atoms with Gasteiger partial charge in [0.1, 0.15) is 5.75 Å². The van der Waals surface area contributed by atoms with Crippen molar-refractivity contribution in [1.82, 2.24) is 5.32 Å². The summed E-state index contributed by atoms with van der Waals surface area (Å²) in [6.07, 6.45) is 7.39. The molecule has 2 nitrogen and oxygen atoms in total. The maximum absolute atomic E-state index is 6.38. The van der Waals surface area contributed by atoms with E-state index < -0.39 is 0 Å². The molecule has 1 aromatic carbocycles. The van der Waals surface area contributed by atoms with E-state index in [0.29, 0.717) is 11.5 Å². The molecule has 1 heterocycles. The van der Waals surface area contributed by atoms with Crippen molar-refractivity contribution in [3.63, 3.8) is 0 Å². The summed E-state index contributed by atoms with van der Waals surface area (Å²) >= 11 is 6.38. The van der Waals surface area contributed by atoms with Gasteiger partial charge in [0.15, 0.2) is 0 Å². The molecule has 2 aliphatic rings. The van der Waals surface area contributed by atoms with Crippen LogP contribution in [0.5, 0.6) is 5.75 Å². The van der Waals surface area contributed by atoms with E-state index in [1.807, 2.05) is 0 Å². The molecule has 1 aliphatic carbocycles. The van der Waals surface area contributed by atoms with Gasteiger partial charge in [-0.15, -0.1) is 0 Å². The van der Waals surface area contributed by atoms with Crippen LogP contribution in [0.2, 0.25) is 5.02 Å². The quantitative estimate of drug-likeness (QED) is 0.835. The molecule has 0 amide bonds. The number of ether oxygens (including phenoxy) is 1. The summed E-state index contributed by atoms with van der Waals surface area (Å²) in [6, 6.07) is 4.55. The molecular formula is C18H26ClNO. The first kappa shape index (κ1) is 15.2. The van der Waals surface area contributed by atoms with Crippen molar-refractivity contribution in [2.75, 3.05) is 13.2 Å². The van der Waals surface area contributed by atoms with Crippen LogP contribution in [0.4, 0.5) is 0 Å². The van der Waals surface area contributed by atoms with Gasteiger partial charge in [-0.05, 0) is 48.9 Å². The highest BCUT2D eigenvalue weighted by molar-refractivity contribution is 6.30. The summed E-state index contributed by atoms with van der Waals surface area (Å²) < 4.78 is 5.95. The molecule has 116 valence electrons. The Kier molecular flexibility index (Phi) is 4.46. The second-order valence-corrected chi connectivity index (χ2v) is 7.27. The molecule has 0 spiro atoms. The van der Waals surface area contributed by atoms with E-state index in [1.54, 1.807) is 0 Å². The van der Waals surface area contributed by atoms with Gasteiger partial charge in [-0.3, -0.25) is 0 Å². The van der Waals surface area contributed by atoms with E-state index in [-0.39, 0.29) is 0 Å². The summed E-state index contributed by atoms with van der Waals surface area (Å²) in [5, 5.41) is 4.63. The first-order valence-electron chi connectivity index (χ1n) is 8.32. The van der Waals surface area contributed by atoms with Gasteiger partial charge in [0, 0.05) is 23.0 Å². The molecule has 0 saturated heterocycles. The van der Waals surface area contributed by atoms with Crippen LogP contribution < -0.4 is 10.1 Å². The first-order chi connectivity index (χ1) is 10.1. The molecule has 1 N–H and O–H groups in total. The Balaban J connectivity index is 2.00. The fourth-order valence-corrected chi connectivity index (χ4v) is 4.25. The lowest BCUT2D eigenvalue weighted by molar-refractivity contribution is 0.218. The van der Waals surface area contributed by atoms with Crippen molar-refractivity contribution in [3.05, 3.63) is 28.3 Å². The van der Waals surface area contributed by atoms with Gasteiger partial charge in [0.2, 0.25) is 0 Å². The molecule has 1 unspecified atom stereocenters. The van der Waals surface area contributed by atoms with E-state index in [2.05, 4.69) is 31.3 Å². The zero-order valence-electron chi connectivity index (χ0n) is 13.2. The maximum Gasteiger partial charge on any atom is 0.127 e. The predicted molar refractivity (Wildman–Crippen MR) is 88.3 cm³/mol. The Labute approximate surface area is 133 Å². The van der Waals surface area contributed by atoms with E-state index in [4.69, 9.17) is 16.3 Å². The van der Waals surface area contributed by atoms with Crippen LogP contribution >= 0.6 is 11.6 Å². The second kappa shape index (κ2) is 6.18. The largest absolute Gasteiger partial charge is 0.493 e. The van der Waals surface area contributed by atoms with Crippen LogP contribution in [-0.4, -0.2) is 13.2 Å². The van der Waals surface area contributed by atoms with Crippen LogP contribution in [0.25, 0.3) is 0 Å². The van der Waals surface area contributed by atoms with Gasteiger partial charge < -0.3 is 10.1 Å². The highest BCUT2D eigenvalue weighted by Crippen LogP contribution is 2.50. The molecule has 0 radical (unpaired) electrons. The summed E-state index contributed by atoms with van der Waals surface area (Å²) in [4.78, 5) is 0. The average molecular weight is 308 g/mol. The minimum atomic E-state index is 0.319. The van der Waals surface area contributed by atoms with Gasteiger partial charge in [0.25, 0.3) is 0 Å². The van der Waals surface area contributed by atoms with E-state index >= 15 is 0 Å². The highest BCUT2D eigenvalue weighted by atomic mass is 35.5. The zero-order valence-corrected chi connectivity index (χ0v) is 13.9. The monoisotopic (exact) mass is 307 g/mol. The molecule has 3 rings (SSSR count). The summed E-state index contributed by atoms with van der Waals surface area (Å²) in [7, 11) is 0. The topological polar surface area (TPSA) is 21.3 Å². The van der Waals surface area contributed by atoms with E-state index in [9.17, 15) is 0 Å². The van der Waals surface area contributed by atoms with Crippen LogP contribution in [0.1, 0.15) is 63.1 Å². The molecule has 21 heavy (non-hydrogen) atoms. The van der Waals surface area contributed by atoms with Crippen molar-refractivity contribution in [2.45, 2.75) is 58.4 Å². The third-order valence-electron chi connectivity index (χ3n) is 5.13. The smallest absolute Gasteiger partial charge is 0.127 e. The van der Waals surface area contributed by atoms with Crippen molar-refractivity contribution in [2.24, 2.45) is 5.41 Å². The molecule has 1 aliphatic heterocycles. The number of nitrogens with one attached hydrogen (secondary N) is 1. The molecule has 1 atom stereocenters. The Morgan fingerprint density at radius 3 is 2.81 bits per heavy atom. The van der Waals surface area contributed by atoms with Crippen LogP contribution in [-0.2, 0) is 6.42 Å². The lowest BCUT2D eigenvalue weighted by atomic mass is 9.76. The average Bonchev–Trinajstić information content (AvgIpc) is 3.08. The zero-order chi connectivity index (χ0) is 14.9. The lowest BCUT2D eigenvalue weighted by Crippen LogP contribution is -2.35. The van der Waals surface area contributed by atoms with Crippen molar-refractivity contribution < 1.29 is 4.74 Å². The Bertz CT molecular complexity index is 508. The summed E-state index contributed by atoms with van der Waals surface area (Å²) in [5.74, 6) is 1.10. The van der Waals surface area contributed by atoms with Crippen LogP contribution in [0, 0.1) is 5.41 Å². The Morgan fingerprint density at radius 1 is 1.33 bits per heavy atom. The Hall–Kier alpha value is -0.730. The highest BCUT2D eigenvalue weighted by Gasteiger charge is 2.39.